The van der Waals surface area contributed by atoms with Crippen molar-refractivity contribution >= 4 is 16.2 Å². The number of nitrogens with two attached hydrogens (primary N) is 1. The molecule has 1 aliphatic rings. The zero-order chi connectivity index (χ0) is 10.9. The van der Waals surface area contributed by atoms with Crippen molar-refractivity contribution in [3.05, 3.63) is 0 Å². The van der Waals surface area contributed by atoms with E-state index in [9.17, 15) is 13.2 Å². The van der Waals surface area contributed by atoms with Gasteiger partial charge in [0.25, 0.3) is 10.2 Å². The highest BCUT2D eigenvalue weighted by Gasteiger charge is 2.34. The van der Waals surface area contributed by atoms with Crippen LogP contribution in [0.4, 0.5) is 0 Å². The standard InChI is InChI=1S/C7H14N2O4S/c1-5-4-6(7(10)11)2-3-9(5)14(8,12)13/h5-6H,2-4H2,1H3,(H,10,11)(H2,8,12,13). The summed E-state index contributed by atoms with van der Waals surface area (Å²) in [5, 5.41) is 13.7. The van der Waals surface area contributed by atoms with Crippen LogP contribution >= 0.6 is 0 Å². The predicted molar refractivity (Wildman–Crippen MR) is 49.6 cm³/mol. The van der Waals surface area contributed by atoms with E-state index in [-0.39, 0.29) is 12.6 Å². The number of carboxylic acid groups (broad SMARTS) is 1. The monoisotopic (exact) mass is 222 g/mol. The van der Waals surface area contributed by atoms with Gasteiger partial charge in [-0.25, -0.2) is 5.14 Å². The molecule has 6 nitrogen and oxygen atoms in total. The maximum atomic E-state index is 11.0. The first-order valence-electron chi connectivity index (χ1n) is 4.34. The molecule has 0 aromatic rings. The van der Waals surface area contributed by atoms with Gasteiger partial charge in [0.15, 0.2) is 0 Å². The highest BCUT2D eigenvalue weighted by molar-refractivity contribution is 7.86. The van der Waals surface area contributed by atoms with Gasteiger partial charge in [0.1, 0.15) is 0 Å². The Labute approximate surface area is 82.9 Å². The van der Waals surface area contributed by atoms with E-state index < -0.39 is 22.1 Å². The molecule has 0 aliphatic carbocycles. The van der Waals surface area contributed by atoms with Crippen LogP contribution in [-0.2, 0) is 15.0 Å². The SMILES string of the molecule is CC1CC(C(=O)O)CCN1S(N)(=O)=O. The van der Waals surface area contributed by atoms with Crippen molar-refractivity contribution in [2.24, 2.45) is 11.1 Å². The second-order valence-corrected chi connectivity index (χ2v) is 5.06. The minimum absolute atomic E-state index is 0.191. The lowest BCUT2D eigenvalue weighted by Gasteiger charge is -2.33. The molecule has 0 saturated carbocycles. The molecule has 1 fully saturated rings. The molecular weight excluding hydrogens is 208 g/mol. The Morgan fingerprint density at radius 2 is 2.14 bits per heavy atom. The quantitative estimate of drug-likeness (QED) is 0.649. The zero-order valence-corrected chi connectivity index (χ0v) is 8.70. The van der Waals surface area contributed by atoms with Crippen LogP contribution in [0.2, 0.25) is 0 Å². The molecule has 0 aromatic heterocycles. The molecule has 2 atom stereocenters. The van der Waals surface area contributed by atoms with Gasteiger partial charge in [-0.3, -0.25) is 4.79 Å². The zero-order valence-electron chi connectivity index (χ0n) is 7.88. The lowest BCUT2D eigenvalue weighted by Crippen LogP contribution is -2.48. The van der Waals surface area contributed by atoms with Crippen LogP contribution in [0.3, 0.4) is 0 Å². The number of hydrogen-bond donors (Lipinski definition) is 2. The Hall–Kier alpha value is -0.660. The fraction of sp³-hybridized carbons (Fsp3) is 0.857. The van der Waals surface area contributed by atoms with Gasteiger partial charge in [0.2, 0.25) is 0 Å². The molecule has 3 N–H and O–H groups in total. The molecule has 1 saturated heterocycles. The van der Waals surface area contributed by atoms with E-state index in [2.05, 4.69) is 0 Å². The van der Waals surface area contributed by atoms with Crippen LogP contribution in [0, 0.1) is 5.92 Å². The summed E-state index contributed by atoms with van der Waals surface area (Å²) < 4.78 is 23.2. The molecule has 0 aromatic carbocycles. The van der Waals surface area contributed by atoms with E-state index in [4.69, 9.17) is 10.2 Å². The summed E-state index contributed by atoms with van der Waals surface area (Å²) in [5.74, 6) is -1.33. The number of aliphatic carboxylic acids is 1. The van der Waals surface area contributed by atoms with Crippen LogP contribution in [-0.4, -0.2) is 36.4 Å². The van der Waals surface area contributed by atoms with Gasteiger partial charge in [-0.15, -0.1) is 0 Å². The van der Waals surface area contributed by atoms with Gasteiger partial charge in [0, 0.05) is 12.6 Å². The van der Waals surface area contributed by atoms with Crippen LogP contribution in [0.5, 0.6) is 0 Å². The lowest BCUT2D eigenvalue weighted by atomic mass is 9.93. The van der Waals surface area contributed by atoms with Crippen molar-refractivity contribution in [1.82, 2.24) is 4.31 Å². The maximum absolute atomic E-state index is 11.0. The summed E-state index contributed by atoms with van der Waals surface area (Å²) in [6, 6.07) is -0.333. The third-order valence-corrected chi connectivity index (χ3v) is 3.69. The van der Waals surface area contributed by atoms with E-state index in [0.717, 1.165) is 4.31 Å². The molecule has 82 valence electrons. The van der Waals surface area contributed by atoms with Crippen LogP contribution in [0.1, 0.15) is 19.8 Å². The van der Waals surface area contributed by atoms with Crippen molar-refractivity contribution < 1.29 is 18.3 Å². The third-order valence-electron chi connectivity index (χ3n) is 2.49. The Kier molecular flexibility index (Phi) is 3.13. The lowest BCUT2D eigenvalue weighted by molar-refractivity contribution is -0.143. The number of hydrogen-bond acceptors (Lipinski definition) is 3. The maximum Gasteiger partial charge on any atom is 0.306 e. The third kappa shape index (κ3) is 2.43. The topological polar surface area (TPSA) is 101 Å². The molecule has 0 bridgehead atoms. The summed E-state index contributed by atoms with van der Waals surface area (Å²) in [7, 11) is -3.68. The first kappa shape index (κ1) is 11.4. The molecular formula is C7H14N2O4S. The van der Waals surface area contributed by atoms with E-state index in [1.165, 1.54) is 0 Å². The number of piperidine rings is 1. The summed E-state index contributed by atoms with van der Waals surface area (Å²) in [6.07, 6.45) is 0.655. The fourth-order valence-electron chi connectivity index (χ4n) is 1.75. The molecule has 14 heavy (non-hydrogen) atoms. The van der Waals surface area contributed by atoms with E-state index >= 15 is 0 Å². The van der Waals surface area contributed by atoms with Gasteiger partial charge in [0.05, 0.1) is 5.92 Å². The minimum Gasteiger partial charge on any atom is -0.481 e. The molecule has 0 radical (unpaired) electrons. The van der Waals surface area contributed by atoms with Crippen molar-refractivity contribution in [3.8, 4) is 0 Å². The summed E-state index contributed by atoms with van der Waals surface area (Å²) >= 11 is 0. The second kappa shape index (κ2) is 3.84. The number of carbonyl (C=O) groups is 1. The Bertz CT molecular complexity index is 327. The van der Waals surface area contributed by atoms with Gasteiger partial charge < -0.3 is 5.11 Å². The first-order chi connectivity index (χ1) is 6.32. The largest absolute Gasteiger partial charge is 0.481 e. The summed E-state index contributed by atoms with van der Waals surface area (Å²) in [6.45, 7) is 1.86. The van der Waals surface area contributed by atoms with Crippen molar-refractivity contribution in [2.45, 2.75) is 25.8 Å². The Balaban J connectivity index is 2.70. The Morgan fingerprint density at radius 3 is 2.50 bits per heavy atom. The highest BCUT2D eigenvalue weighted by Crippen LogP contribution is 2.23. The summed E-state index contributed by atoms with van der Waals surface area (Å²) in [4.78, 5) is 10.7. The van der Waals surface area contributed by atoms with Crippen molar-refractivity contribution in [3.63, 3.8) is 0 Å². The van der Waals surface area contributed by atoms with Crippen LogP contribution < -0.4 is 5.14 Å². The average Bonchev–Trinajstić information content (AvgIpc) is 2.01. The molecule has 7 heteroatoms. The molecule has 0 amide bonds. The van der Waals surface area contributed by atoms with Crippen LogP contribution in [0.25, 0.3) is 0 Å². The van der Waals surface area contributed by atoms with Gasteiger partial charge in [-0.1, -0.05) is 0 Å². The number of rotatable bonds is 2. The number of carboxylic acids is 1. The van der Waals surface area contributed by atoms with E-state index in [0.29, 0.717) is 12.8 Å². The van der Waals surface area contributed by atoms with E-state index in [1.807, 2.05) is 0 Å². The van der Waals surface area contributed by atoms with Gasteiger partial charge >= 0.3 is 5.97 Å². The minimum atomic E-state index is -3.68. The Morgan fingerprint density at radius 1 is 1.57 bits per heavy atom. The second-order valence-electron chi connectivity index (χ2n) is 3.56. The average molecular weight is 222 g/mol. The summed E-state index contributed by atoms with van der Waals surface area (Å²) in [5.41, 5.74) is 0. The van der Waals surface area contributed by atoms with Crippen molar-refractivity contribution in [2.75, 3.05) is 6.54 Å². The number of nitrogens with zero attached hydrogens (tertiary/aromatic N) is 1. The smallest absolute Gasteiger partial charge is 0.306 e. The molecule has 2 unspecified atom stereocenters. The fourth-order valence-corrected chi connectivity index (χ4v) is 2.70. The predicted octanol–water partition coefficient (Wildman–Crippen LogP) is -0.625. The molecule has 1 aliphatic heterocycles. The first-order valence-corrected chi connectivity index (χ1v) is 5.85. The van der Waals surface area contributed by atoms with Crippen LogP contribution in [0.15, 0.2) is 0 Å². The normalized spacial score (nSPS) is 30.1. The molecule has 1 rings (SSSR count). The van der Waals surface area contributed by atoms with Gasteiger partial charge in [-0.2, -0.15) is 12.7 Å². The molecule has 0 spiro atoms. The molecule has 1 heterocycles. The van der Waals surface area contributed by atoms with Gasteiger partial charge in [-0.05, 0) is 19.8 Å². The van der Waals surface area contributed by atoms with Crippen molar-refractivity contribution in [1.29, 1.82) is 0 Å². The highest BCUT2D eigenvalue weighted by atomic mass is 32.2. The van der Waals surface area contributed by atoms with E-state index in [1.54, 1.807) is 6.92 Å².